The number of nitrogens with one attached hydrogen (secondary N) is 1. The van der Waals surface area contributed by atoms with E-state index >= 15 is 0 Å². The zero-order valence-corrected chi connectivity index (χ0v) is 16.9. The summed E-state index contributed by atoms with van der Waals surface area (Å²) in [5.41, 5.74) is 2.30. The molecule has 1 aliphatic rings. The summed E-state index contributed by atoms with van der Waals surface area (Å²) in [7, 11) is 3.97. The lowest BCUT2D eigenvalue weighted by Crippen LogP contribution is -2.40. The minimum atomic E-state index is -0.377. The Bertz CT molecular complexity index is 632. The fourth-order valence-electron chi connectivity index (χ4n) is 3.78. The van der Waals surface area contributed by atoms with Crippen molar-refractivity contribution >= 4 is 11.9 Å². The van der Waals surface area contributed by atoms with Gasteiger partial charge in [0.1, 0.15) is 5.69 Å². The molecule has 0 aliphatic heterocycles. The number of rotatable bonds is 7. The minimum Gasteiger partial charge on any atom is -0.462 e. The third-order valence-electron chi connectivity index (χ3n) is 5.46. The number of aromatic amines is 1. The van der Waals surface area contributed by atoms with Crippen LogP contribution in [0.3, 0.4) is 0 Å². The average molecular weight is 364 g/mol. The van der Waals surface area contributed by atoms with Crippen LogP contribution in [0.5, 0.6) is 0 Å². The van der Waals surface area contributed by atoms with Gasteiger partial charge in [0.2, 0.25) is 0 Å². The number of nitrogens with zero attached hydrogens (tertiary/aromatic N) is 2. The van der Waals surface area contributed by atoms with E-state index in [2.05, 4.69) is 16.9 Å². The Hall–Kier alpha value is -1.82. The largest absolute Gasteiger partial charge is 0.462 e. The molecule has 0 unspecified atom stereocenters. The van der Waals surface area contributed by atoms with Gasteiger partial charge in [-0.3, -0.25) is 4.79 Å². The normalized spacial score (nSPS) is 15.3. The lowest BCUT2D eigenvalue weighted by Gasteiger charge is -2.32. The smallest absolute Gasteiger partial charge is 0.340 e. The molecule has 0 spiro atoms. The van der Waals surface area contributed by atoms with Crippen molar-refractivity contribution < 1.29 is 14.3 Å². The number of amides is 1. The number of ether oxygens (including phenoxy) is 1. The van der Waals surface area contributed by atoms with E-state index in [0.717, 1.165) is 6.54 Å². The summed E-state index contributed by atoms with van der Waals surface area (Å²) in [6, 6.07) is 0.636. The maximum absolute atomic E-state index is 12.8. The van der Waals surface area contributed by atoms with Gasteiger partial charge in [-0.15, -0.1) is 0 Å². The van der Waals surface area contributed by atoms with Crippen LogP contribution in [0, 0.1) is 13.8 Å². The van der Waals surface area contributed by atoms with E-state index in [1.165, 1.54) is 32.1 Å². The third-order valence-corrected chi connectivity index (χ3v) is 5.46. The molecule has 0 radical (unpaired) electrons. The van der Waals surface area contributed by atoms with Gasteiger partial charge in [0, 0.05) is 31.9 Å². The summed E-state index contributed by atoms with van der Waals surface area (Å²) >= 11 is 0. The van der Waals surface area contributed by atoms with Crippen LogP contribution in [-0.4, -0.2) is 66.5 Å². The SMILES string of the molecule is CCOC(=O)c1c(C)[nH]c(C(=O)N(C)CCN(C)C2CCCCC2)c1C. The van der Waals surface area contributed by atoms with Crippen LogP contribution in [0.1, 0.15) is 71.1 Å². The molecule has 1 aliphatic carbocycles. The van der Waals surface area contributed by atoms with Gasteiger partial charge in [-0.05, 0) is 46.2 Å². The Kier molecular flexibility index (Phi) is 7.26. The van der Waals surface area contributed by atoms with Crippen molar-refractivity contribution in [2.45, 2.75) is 58.9 Å². The summed E-state index contributed by atoms with van der Waals surface area (Å²) in [6.45, 7) is 7.21. The molecule has 2 rings (SSSR count). The monoisotopic (exact) mass is 363 g/mol. The van der Waals surface area contributed by atoms with Crippen molar-refractivity contribution in [3.05, 3.63) is 22.5 Å². The summed E-state index contributed by atoms with van der Waals surface area (Å²) in [5.74, 6) is -0.462. The van der Waals surface area contributed by atoms with Crippen LogP contribution in [0.4, 0.5) is 0 Å². The molecule has 1 aromatic rings. The van der Waals surface area contributed by atoms with Crippen LogP contribution in [-0.2, 0) is 4.74 Å². The lowest BCUT2D eigenvalue weighted by molar-refractivity contribution is 0.0525. The Morgan fingerprint density at radius 2 is 1.77 bits per heavy atom. The van der Waals surface area contributed by atoms with Gasteiger partial charge in [-0.1, -0.05) is 19.3 Å². The molecule has 1 aromatic heterocycles. The molecular formula is C20H33N3O3. The molecule has 0 atom stereocenters. The fraction of sp³-hybridized carbons (Fsp3) is 0.700. The second-order valence-electron chi connectivity index (χ2n) is 7.34. The standard InChI is InChI=1S/C20H33N3O3/c1-6-26-20(25)17-14(2)18(21-15(17)3)19(24)23(5)13-12-22(4)16-10-8-7-9-11-16/h16,21H,6-13H2,1-5H3. The predicted octanol–water partition coefficient (Wildman–Crippen LogP) is 3.14. The number of hydrogen-bond acceptors (Lipinski definition) is 4. The Morgan fingerprint density at radius 3 is 2.38 bits per heavy atom. The number of carbonyl (C=O) groups is 2. The molecule has 1 N–H and O–H groups in total. The zero-order chi connectivity index (χ0) is 19.3. The highest BCUT2D eigenvalue weighted by atomic mass is 16.5. The number of hydrogen-bond donors (Lipinski definition) is 1. The zero-order valence-electron chi connectivity index (χ0n) is 16.9. The maximum atomic E-state index is 12.8. The molecule has 1 saturated carbocycles. The Labute approximate surface area is 156 Å². The van der Waals surface area contributed by atoms with Gasteiger partial charge in [-0.2, -0.15) is 0 Å². The van der Waals surface area contributed by atoms with Crippen LogP contribution < -0.4 is 0 Å². The highest BCUT2D eigenvalue weighted by Crippen LogP contribution is 2.22. The van der Waals surface area contributed by atoms with Gasteiger partial charge >= 0.3 is 5.97 Å². The first-order valence-corrected chi connectivity index (χ1v) is 9.68. The van der Waals surface area contributed by atoms with Crippen LogP contribution >= 0.6 is 0 Å². The fourth-order valence-corrected chi connectivity index (χ4v) is 3.78. The second-order valence-corrected chi connectivity index (χ2v) is 7.34. The van der Waals surface area contributed by atoms with Gasteiger partial charge in [0.15, 0.2) is 0 Å². The lowest BCUT2D eigenvalue weighted by atomic mass is 9.94. The third kappa shape index (κ3) is 4.67. The molecule has 6 nitrogen and oxygen atoms in total. The number of carbonyl (C=O) groups excluding carboxylic acids is 2. The summed E-state index contributed by atoms with van der Waals surface area (Å²) in [4.78, 5) is 32.1. The molecule has 26 heavy (non-hydrogen) atoms. The Balaban J connectivity index is 1.99. The number of likely N-dealkylation sites (N-methyl/N-ethyl adjacent to an activating group) is 2. The number of aryl methyl sites for hydroxylation is 1. The summed E-state index contributed by atoms with van der Waals surface area (Å²) in [6.07, 6.45) is 6.47. The summed E-state index contributed by atoms with van der Waals surface area (Å²) in [5, 5.41) is 0. The van der Waals surface area contributed by atoms with Crippen molar-refractivity contribution in [1.29, 1.82) is 0 Å². The molecule has 6 heteroatoms. The highest BCUT2D eigenvalue weighted by molar-refractivity contribution is 6.00. The molecule has 0 aromatic carbocycles. The van der Waals surface area contributed by atoms with Crippen LogP contribution in [0.2, 0.25) is 0 Å². The maximum Gasteiger partial charge on any atom is 0.340 e. The first-order valence-electron chi connectivity index (χ1n) is 9.68. The van der Waals surface area contributed by atoms with Gasteiger partial charge in [-0.25, -0.2) is 4.79 Å². The number of esters is 1. The highest BCUT2D eigenvalue weighted by Gasteiger charge is 2.25. The van der Waals surface area contributed by atoms with Gasteiger partial charge in [0.25, 0.3) is 5.91 Å². The van der Waals surface area contributed by atoms with E-state index in [0.29, 0.717) is 41.7 Å². The first-order chi connectivity index (χ1) is 12.4. The van der Waals surface area contributed by atoms with E-state index in [9.17, 15) is 9.59 Å². The van der Waals surface area contributed by atoms with Crippen molar-refractivity contribution in [2.24, 2.45) is 0 Å². The molecule has 0 bridgehead atoms. The van der Waals surface area contributed by atoms with E-state index < -0.39 is 0 Å². The van der Waals surface area contributed by atoms with Gasteiger partial charge < -0.3 is 19.5 Å². The van der Waals surface area contributed by atoms with E-state index in [-0.39, 0.29) is 11.9 Å². The second kappa shape index (κ2) is 9.21. The predicted molar refractivity (Wildman–Crippen MR) is 103 cm³/mol. The van der Waals surface area contributed by atoms with Gasteiger partial charge in [0.05, 0.1) is 12.2 Å². The van der Waals surface area contributed by atoms with E-state index in [4.69, 9.17) is 4.74 Å². The van der Waals surface area contributed by atoms with Crippen molar-refractivity contribution in [3.8, 4) is 0 Å². The molecule has 1 amide bonds. The van der Waals surface area contributed by atoms with E-state index in [1.807, 2.05) is 7.05 Å². The molecular weight excluding hydrogens is 330 g/mol. The van der Waals surface area contributed by atoms with Crippen molar-refractivity contribution in [2.75, 3.05) is 33.8 Å². The van der Waals surface area contributed by atoms with Crippen LogP contribution in [0.25, 0.3) is 0 Å². The number of H-pyrrole nitrogens is 1. The van der Waals surface area contributed by atoms with Crippen LogP contribution in [0.15, 0.2) is 0 Å². The first kappa shape index (κ1) is 20.5. The molecule has 146 valence electrons. The molecule has 0 saturated heterocycles. The van der Waals surface area contributed by atoms with E-state index in [1.54, 1.807) is 25.7 Å². The van der Waals surface area contributed by atoms with Crippen molar-refractivity contribution in [3.63, 3.8) is 0 Å². The Morgan fingerprint density at radius 1 is 1.12 bits per heavy atom. The molecule has 1 fully saturated rings. The quantitative estimate of drug-likeness (QED) is 0.756. The summed E-state index contributed by atoms with van der Waals surface area (Å²) < 4.78 is 5.10. The minimum absolute atomic E-state index is 0.0850. The van der Waals surface area contributed by atoms with Crippen molar-refractivity contribution in [1.82, 2.24) is 14.8 Å². The topological polar surface area (TPSA) is 65.6 Å². The average Bonchev–Trinajstić information content (AvgIpc) is 2.94. The molecule has 1 heterocycles. The number of aromatic nitrogens is 1.